The molecule has 0 fully saturated rings. The monoisotopic (exact) mass is 444 g/mol. The Morgan fingerprint density at radius 2 is 1.88 bits per heavy atom. The van der Waals surface area contributed by atoms with Gasteiger partial charge in [-0.05, 0) is 19.3 Å². The SMILES string of the molecule is C=CC(=O)OCCCCOC(=O)CCc1nc(/C(=C/C=C\Cc2noc(C)n2)CC)no1. The molecule has 0 bridgehead atoms. The quantitative estimate of drug-likeness (QED) is 0.185. The predicted molar refractivity (Wildman–Crippen MR) is 114 cm³/mol. The van der Waals surface area contributed by atoms with Crippen LogP contribution in [0.3, 0.4) is 0 Å². The molecule has 2 aromatic rings. The van der Waals surface area contributed by atoms with E-state index in [4.69, 9.17) is 18.5 Å². The molecule has 0 saturated heterocycles. The van der Waals surface area contributed by atoms with Crippen LogP contribution in [0.25, 0.3) is 5.57 Å². The van der Waals surface area contributed by atoms with Gasteiger partial charge in [0.25, 0.3) is 0 Å². The number of allylic oxidation sites excluding steroid dienone is 4. The molecule has 0 aliphatic rings. The molecule has 0 radical (unpaired) electrons. The number of ether oxygens (including phenoxy) is 2. The van der Waals surface area contributed by atoms with Gasteiger partial charge in [0.15, 0.2) is 11.6 Å². The second kappa shape index (κ2) is 13.7. The molecule has 0 unspecified atom stereocenters. The number of aryl methyl sites for hydroxylation is 2. The summed E-state index contributed by atoms with van der Waals surface area (Å²) in [6.45, 7) is 7.59. The molecule has 2 heterocycles. The first-order chi connectivity index (χ1) is 15.5. The molecular weight excluding hydrogens is 416 g/mol. The van der Waals surface area contributed by atoms with Crippen molar-refractivity contribution in [2.45, 2.75) is 52.4 Å². The number of nitrogens with zero attached hydrogens (tertiary/aromatic N) is 4. The second-order valence-corrected chi connectivity index (χ2v) is 6.72. The number of hydrogen-bond donors (Lipinski definition) is 0. The van der Waals surface area contributed by atoms with E-state index in [1.54, 1.807) is 6.92 Å². The highest BCUT2D eigenvalue weighted by Crippen LogP contribution is 2.15. The van der Waals surface area contributed by atoms with E-state index in [0.717, 1.165) is 18.1 Å². The zero-order chi connectivity index (χ0) is 23.2. The Morgan fingerprint density at radius 3 is 2.56 bits per heavy atom. The predicted octanol–water partition coefficient (Wildman–Crippen LogP) is 3.34. The minimum absolute atomic E-state index is 0.141. The van der Waals surface area contributed by atoms with Gasteiger partial charge in [-0.15, -0.1) is 0 Å². The van der Waals surface area contributed by atoms with Gasteiger partial charge in [-0.3, -0.25) is 4.79 Å². The van der Waals surface area contributed by atoms with Crippen LogP contribution in [-0.4, -0.2) is 45.4 Å². The van der Waals surface area contributed by atoms with Crippen molar-refractivity contribution < 1.29 is 28.1 Å². The Bertz CT molecular complexity index is 944. The van der Waals surface area contributed by atoms with E-state index in [9.17, 15) is 9.59 Å². The third-order valence-electron chi connectivity index (χ3n) is 4.20. The third-order valence-corrected chi connectivity index (χ3v) is 4.20. The molecular formula is C22H28N4O6. The summed E-state index contributed by atoms with van der Waals surface area (Å²) in [5.41, 5.74) is 0.903. The van der Waals surface area contributed by atoms with Crippen molar-refractivity contribution in [1.82, 2.24) is 20.3 Å². The fourth-order valence-corrected chi connectivity index (χ4v) is 2.52. The molecule has 2 aromatic heterocycles. The number of hydrogen-bond acceptors (Lipinski definition) is 10. The minimum atomic E-state index is -0.461. The summed E-state index contributed by atoms with van der Waals surface area (Å²) in [5.74, 6) is 1.21. The fraction of sp³-hybridized carbons (Fsp3) is 0.455. The first kappa shape index (κ1) is 24.7. The van der Waals surface area contributed by atoms with Crippen LogP contribution >= 0.6 is 0 Å². The maximum Gasteiger partial charge on any atom is 0.330 e. The summed E-state index contributed by atoms with van der Waals surface area (Å²) in [7, 11) is 0. The standard InChI is InChI=1S/C22H28N4O6/c1-4-17(10-6-7-11-18-23-16(3)31-25-18)22-24-19(32-26-22)12-13-21(28)30-15-9-8-14-29-20(27)5-2/h5-7,10H,2,4,8-9,11-15H2,1,3H3/b7-6-,17-10+. The van der Waals surface area contributed by atoms with Crippen LogP contribution in [-0.2, 0) is 31.9 Å². The molecule has 10 heteroatoms. The normalized spacial score (nSPS) is 11.6. The van der Waals surface area contributed by atoms with Crippen molar-refractivity contribution in [1.29, 1.82) is 0 Å². The topological polar surface area (TPSA) is 130 Å². The van der Waals surface area contributed by atoms with Crippen LogP contribution in [0.4, 0.5) is 0 Å². The number of unbranched alkanes of at least 4 members (excludes halogenated alkanes) is 1. The van der Waals surface area contributed by atoms with Gasteiger partial charge >= 0.3 is 11.9 Å². The zero-order valence-corrected chi connectivity index (χ0v) is 18.4. The maximum atomic E-state index is 11.8. The molecule has 10 nitrogen and oxygen atoms in total. The minimum Gasteiger partial charge on any atom is -0.466 e. The van der Waals surface area contributed by atoms with Gasteiger partial charge in [-0.2, -0.15) is 9.97 Å². The Balaban J connectivity index is 1.70. The first-order valence-corrected chi connectivity index (χ1v) is 10.4. The lowest BCUT2D eigenvalue weighted by atomic mass is 10.1. The molecule has 0 spiro atoms. The molecule has 0 atom stereocenters. The van der Waals surface area contributed by atoms with Gasteiger partial charge in [0.2, 0.25) is 11.8 Å². The van der Waals surface area contributed by atoms with Crippen molar-refractivity contribution in [2.24, 2.45) is 0 Å². The van der Waals surface area contributed by atoms with Crippen LogP contribution in [0.1, 0.15) is 56.0 Å². The summed E-state index contributed by atoms with van der Waals surface area (Å²) in [6, 6.07) is 0. The molecule has 0 aliphatic heterocycles. The van der Waals surface area contributed by atoms with Gasteiger partial charge < -0.3 is 18.5 Å². The summed E-state index contributed by atoms with van der Waals surface area (Å²) in [4.78, 5) is 31.2. The second-order valence-electron chi connectivity index (χ2n) is 6.72. The molecule has 172 valence electrons. The van der Waals surface area contributed by atoms with E-state index >= 15 is 0 Å². The molecule has 0 aliphatic carbocycles. The van der Waals surface area contributed by atoms with Crippen LogP contribution in [0.2, 0.25) is 0 Å². The first-order valence-electron chi connectivity index (χ1n) is 10.4. The highest BCUT2D eigenvalue weighted by molar-refractivity contribution is 5.81. The van der Waals surface area contributed by atoms with Crippen molar-refractivity contribution in [3.63, 3.8) is 0 Å². The molecule has 2 rings (SSSR count). The number of rotatable bonds is 14. The number of aromatic nitrogens is 4. The lowest BCUT2D eigenvalue weighted by molar-refractivity contribution is -0.144. The Labute approximate surface area is 186 Å². The van der Waals surface area contributed by atoms with Crippen molar-refractivity contribution in [2.75, 3.05) is 13.2 Å². The maximum absolute atomic E-state index is 11.8. The van der Waals surface area contributed by atoms with Gasteiger partial charge in [0, 0.05) is 31.4 Å². The lowest BCUT2D eigenvalue weighted by Gasteiger charge is -2.04. The highest BCUT2D eigenvalue weighted by Gasteiger charge is 2.12. The molecule has 0 saturated carbocycles. The third kappa shape index (κ3) is 9.07. The van der Waals surface area contributed by atoms with E-state index < -0.39 is 5.97 Å². The van der Waals surface area contributed by atoms with Gasteiger partial charge in [-0.25, -0.2) is 4.79 Å². The Kier molecular flexibility index (Phi) is 10.6. The van der Waals surface area contributed by atoms with Crippen molar-refractivity contribution >= 4 is 17.5 Å². The van der Waals surface area contributed by atoms with E-state index in [1.165, 1.54) is 0 Å². The molecule has 0 amide bonds. The van der Waals surface area contributed by atoms with Crippen LogP contribution in [0.15, 0.2) is 39.9 Å². The van der Waals surface area contributed by atoms with Gasteiger partial charge in [-0.1, -0.05) is 42.0 Å². The van der Waals surface area contributed by atoms with Crippen molar-refractivity contribution in [3.8, 4) is 0 Å². The Morgan fingerprint density at radius 1 is 1.09 bits per heavy atom. The number of carbonyl (C=O) groups is 2. The highest BCUT2D eigenvalue weighted by atomic mass is 16.5. The lowest BCUT2D eigenvalue weighted by Crippen LogP contribution is -2.08. The fourth-order valence-electron chi connectivity index (χ4n) is 2.52. The molecule has 32 heavy (non-hydrogen) atoms. The number of carbonyl (C=O) groups excluding carboxylic acids is 2. The van der Waals surface area contributed by atoms with Crippen molar-refractivity contribution in [3.05, 3.63) is 54.3 Å². The zero-order valence-electron chi connectivity index (χ0n) is 18.4. The summed E-state index contributed by atoms with van der Waals surface area (Å²) in [6.07, 6.45) is 9.74. The Hall–Kier alpha value is -3.56. The number of esters is 2. The average molecular weight is 444 g/mol. The van der Waals surface area contributed by atoms with Crippen LogP contribution < -0.4 is 0 Å². The van der Waals surface area contributed by atoms with E-state index in [0.29, 0.717) is 49.1 Å². The smallest absolute Gasteiger partial charge is 0.330 e. The van der Waals surface area contributed by atoms with Crippen LogP contribution in [0.5, 0.6) is 0 Å². The summed E-state index contributed by atoms with van der Waals surface area (Å²) >= 11 is 0. The summed E-state index contributed by atoms with van der Waals surface area (Å²) < 4.78 is 20.2. The van der Waals surface area contributed by atoms with E-state index in [-0.39, 0.29) is 25.6 Å². The average Bonchev–Trinajstić information content (AvgIpc) is 3.43. The largest absolute Gasteiger partial charge is 0.466 e. The van der Waals surface area contributed by atoms with Gasteiger partial charge in [0.1, 0.15) is 0 Å². The van der Waals surface area contributed by atoms with Crippen LogP contribution in [0, 0.1) is 6.92 Å². The molecule has 0 N–H and O–H groups in total. The van der Waals surface area contributed by atoms with Gasteiger partial charge in [0.05, 0.1) is 19.6 Å². The molecule has 0 aromatic carbocycles. The van der Waals surface area contributed by atoms with E-state index in [1.807, 2.05) is 25.2 Å². The van der Waals surface area contributed by atoms with E-state index in [2.05, 4.69) is 26.9 Å². The summed E-state index contributed by atoms with van der Waals surface area (Å²) in [5, 5.41) is 7.83.